The number of imidazole rings is 2. The number of rotatable bonds is 10. The van der Waals surface area contributed by atoms with E-state index in [1.54, 1.807) is 24.9 Å². The van der Waals surface area contributed by atoms with E-state index in [1.807, 2.05) is 11.1 Å². The first-order valence-corrected chi connectivity index (χ1v) is 18.4. The third kappa shape index (κ3) is 7.48. The largest absolute Gasteiger partial charge is 0.434 e. The first kappa shape index (κ1) is 35.7. The number of nitrogens with two attached hydrogens (primary N) is 1. The summed E-state index contributed by atoms with van der Waals surface area (Å²) in [4.78, 5) is 62.7. The number of benzene rings is 2. The Hall–Kier alpha value is -5.66. The zero-order chi connectivity index (χ0) is 37.3. The van der Waals surface area contributed by atoms with E-state index in [2.05, 4.69) is 93.0 Å². The second kappa shape index (κ2) is 14.8. The molecule has 14 heteroatoms. The van der Waals surface area contributed by atoms with E-state index < -0.39 is 11.7 Å². The number of hydrogen-bond acceptors (Lipinski definition) is 9. The topological polar surface area (TPSA) is 187 Å². The van der Waals surface area contributed by atoms with Crippen LogP contribution >= 0.6 is 0 Å². The number of hydrogen-bond donors (Lipinski definition) is 5. The molecule has 5 heterocycles. The Morgan fingerprint density at radius 3 is 1.83 bits per heavy atom. The summed E-state index contributed by atoms with van der Waals surface area (Å²) in [5.74, 6) is 2.07. The molecule has 2 fully saturated rings. The van der Waals surface area contributed by atoms with Crippen LogP contribution in [0.25, 0.3) is 33.6 Å². The molecule has 0 aliphatic carbocycles. The van der Waals surface area contributed by atoms with E-state index in [0.717, 1.165) is 71.7 Å². The highest BCUT2D eigenvalue weighted by Gasteiger charge is 2.42. The van der Waals surface area contributed by atoms with Gasteiger partial charge in [-0.05, 0) is 67.7 Å². The molecule has 0 unspecified atom stereocenters. The van der Waals surface area contributed by atoms with Crippen molar-refractivity contribution in [2.24, 2.45) is 16.6 Å². The summed E-state index contributed by atoms with van der Waals surface area (Å²) in [6.45, 7) is 9.96. The van der Waals surface area contributed by atoms with Gasteiger partial charge in [-0.1, -0.05) is 62.4 Å². The maximum atomic E-state index is 13.8. The fourth-order valence-electron chi connectivity index (χ4n) is 7.57. The Morgan fingerprint density at radius 2 is 1.34 bits per heavy atom. The molecule has 53 heavy (non-hydrogen) atoms. The quantitative estimate of drug-likeness (QED) is 0.153. The molecule has 2 saturated heterocycles. The van der Waals surface area contributed by atoms with Gasteiger partial charge in [0.25, 0.3) is 5.91 Å². The van der Waals surface area contributed by atoms with Crippen molar-refractivity contribution in [2.75, 3.05) is 26.2 Å². The Balaban J connectivity index is 0.999. The third-order valence-electron chi connectivity index (χ3n) is 10.4. The summed E-state index contributed by atoms with van der Waals surface area (Å²) in [5, 5.41) is 6.56. The van der Waals surface area contributed by atoms with Gasteiger partial charge < -0.3 is 40.9 Å². The van der Waals surface area contributed by atoms with Crippen molar-refractivity contribution >= 4 is 23.9 Å². The maximum Gasteiger partial charge on any atom is 0.405 e. The van der Waals surface area contributed by atoms with Crippen molar-refractivity contribution in [3.8, 4) is 33.6 Å². The summed E-state index contributed by atoms with van der Waals surface area (Å²) < 4.78 is 5.10. The van der Waals surface area contributed by atoms with Gasteiger partial charge in [-0.3, -0.25) is 14.6 Å². The summed E-state index contributed by atoms with van der Waals surface area (Å²) in [7, 11) is 0. The predicted molar refractivity (Wildman–Crippen MR) is 201 cm³/mol. The molecule has 2 aromatic heterocycles. The van der Waals surface area contributed by atoms with Gasteiger partial charge in [-0.25, -0.2) is 14.8 Å². The van der Waals surface area contributed by atoms with Gasteiger partial charge in [0, 0.05) is 19.6 Å². The first-order valence-electron chi connectivity index (χ1n) is 18.4. The maximum absolute atomic E-state index is 13.8. The van der Waals surface area contributed by atoms with E-state index in [4.69, 9.17) is 15.5 Å². The lowest BCUT2D eigenvalue weighted by Gasteiger charge is -2.31. The number of aromatic amines is 2. The zero-order valence-electron chi connectivity index (χ0n) is 30.7. The fraction of sp³-hybridized carbons (Fsp3) is 0.436. The molecule has 0 saturated carbocycles. The molecule has 278 valence electrons. The second-order valence-electron chi connectivity index (χ2n) is 14.8. The monoisotopic (exact) mass is 720 g/mol. The molecule has 7 rings (SSSR count). The first-order chi connectivity index (χ1) is 25.5. The summed E-state index contributed by atoms with van der Waals surface area (Å²) in [6.07, 6.45) is 6.02. The number of likely N-dealkylation sites (tertiary alicyclic amines) is 2. The third-order valence-corrected chi connectivity index (χ3v) is 10.4. The van der Waals surface area contributed by atoms with E-state index >= 15 is 0 Å². The molecule has 0 bridgehead atoms. The number of amides is 3. The van der Waals surface area contributed by atoms with Crippen LogP contribution in [0.3, 0.4) is 0 Å². The molecule has 3 atom stereocenters. The molecule has 3 aliphatic heterocycles. The lowest BCUT2D eigenvalue weighted by atomic mass is 10.0. The van der Waals surface area contributed by atoms with E-state index in [1.165, 1.54) is 0 Å². The molecule has 2 aromatic carbocycles. The number of ether oxygens (including phenoxy) is 1. The Kier molecular flexibility index (Phi) is 9.95. The van der Waals surface area contributed by atoms with E-state index in [-0.39, 0.29) is 35.9 Å². The van der Waals surface area contributed by atoms with Gasteiger partial charge in [0.05, 0.1) is 42.4 Å². The van der Waals surface area contributed by atoms with Gasteiger partial charge >= 0.3 is 6.09 Å². The predicted octanol–water partition coefficient (Wildman–Crippen LogP) is 4.91. The number of primary amides is 1. The molecular weight excluding hydrogens is 672 g/mol. The number of guanidine groups is 1. The lowest BCUT2D eigenvalue weighted by molar-refractivity contribution is -0.149. The number of nitrogens with zero attached hydrogens (tertiary/aromatic N) is 5. The summed E-state index contributed by atoms with van der Waals surface area (Å²) in [6, 6.07) is 15.9. The number of H-pyrrole nitrogens is 2. The standard InChI is InChI=1S/C39H48N10O4/c1-23(2)32(47-38-41-17-18-42-38)35(50)48-19-5-7-30(48)33-43-21-28(45-33)26-13-9-24(10-14-26)25-11-15-27(16-12-25)29-22-44-34(46-29)31-8-6-20-49(31)36(51)39(3,4)53-37(40)52/h9-16,21-23,30-32H,5-8,17-20H2,1-4H3,(H2,40,52)(H,43,45)(H,44,46)(H2,41,42,47)/t30-,31-,32-/m0/s1. The SMILES string of the molecule is CC(C)[C@H](NC1=NCCN1)C(=O)N1CCC[C@H]1c1ncc(-c2ccc(-c3ccc(-c4cnc([C@@H]5CCCN5C(=O)C(C)(C)OC(N)=O)[nH]4)cc3)cc2)[nH]1. The minimum atomic E-state index is -1.36. The number of aliphatic imine (C=N–C) groups is 1. The van der Waals surface area contributed by atoms with Crippen molar-refractivity contribution in [3.05, 3.63) is 72.6 Å². The molecule has 0 radical (unpaired) electrons. The van der Waals surface area contributed by atoms with Crippen LogP contribution in [0.15, 0.2) is 65.9 Å². The van der Waals surface area contributed by atoms with Crippen molar-refractivity contribution in [1.82, 2.24) is 40.4 Å². The minimum absolute atomic E-state index is 0.0746. The normalized spacial score (nSPS) is 19.3. The summed E-state index contributed by atoms with van der Waals surface area (Å²) >= 11 is 0. The van der Waals surface area contributed by atoms with Gasteiger partial charge in [0.1, 0.15) is 17.7 Å². The second-order valence-corrected chi connectivity index (χ2v) is 14.8. The van der Waals surface area contributed by atoms with Gasteiger partial charge in [-0.2, -0.15) is 0 Å². The Bertz CT molecular complexity index is 1980. The van der Waals surface area contributed by atoms with Gasteiger partial charge in [0.15, 0.2) is 11.6 Å². The molecule has 3 aliphatic rings. The fourth-order valence-corrected chi connectivity index (χ4v) is 7.57. The average molecular weight is 721 g/mol. The molecule has 0 spiro atoms. The van der Waals surface area contributed by atoms with Crippen molar-refractivity contribution in [1.29, 1.82) is 0 Å². The van der Waals surface area contributed by atoms with Crippen LogP contribution in [-0.2, 0) is 14.3 Å². The smallest absolute Gasteiger partial charge is 0.405 e. The van der Waals surface area contributed by atoms with Crippen LogP contribution in [0, 0.1) is 5.92 Å². The minimum Gasteiger partial charge on any atom is -0.434 e. The molecule has 6 N–H and O–H groups in total. The number of nitrogens with one attached hydrogen (secondary N) is 4. The average Bonchev–Trinajstić information content (AvgIpc) is 3.99. The Labute approximate surface area is 309 Å². The number of carbonyl (C=O) groups is 3. The molecule has 4 aromatic rings. The molecular formula is C39H48N10O4. The number of aromatic nitrogens is 4. The highest BCUT2D eigenvalue weighted by atomic mass is 16.6. The van der Waals surface area contributed by atoms with Crippen LogP contribution < -0.4 is 16.4 Å². The van der Waals surface area contributed by atoms with Gasteiger partial charge in [0.2, 0.25) is 5.91 Å². The van der Waals surface area contributed by atoms with Gasteiger partial charge in [-0.15, -0.1) is 0 Å². The van der Waals surface area contributed by atoms with Crippen LogP contribution in [0.4, 0.5) is 4.79 Å². The van der Waals surface area contributed by atoms with Crippen molar-refractivity contribution in [3.63, 3.8) is 0 Å². The van der Waals surface area contributed by atoms with E-state index in [9.17, 15) is 14.4 Å². The molecule has 14 nitrogen and oxygen atoms in total. The van der Waals surface area contributed by atoms with Crippen molar-refractivity contribution < 1.29 is 19.1 Å². The summed E-state index contributed by atoms with van der Waals surface area (Å²) in [5.41, 5.74) is 9.73. The van der Waals surface area contributed by atoms with E-state index in [0.29, 0.717) is 31.4 Å². The lowest BCUT2D eigenvalue weighted by Crippen LogP contribution is -2.53. The zero-order valence-corrected chi connectivity index (χ0v) is 30.7. The Morgan fingerprint density at radius 1 is 0.830 bits per heavy atom. The highest BCUT2D eigenvalue weighted by Crippen LogP contribution is 2.35. The van der Waals surface area contributed by atoms with Crippen LogP contribution in [0.2, 0.25) is 0 Å². The van der Waals surface area contributed by atoms with Crippen LogP contribution in [0.1, 0.15) is 77.1 Å². The van der Waals surface area contributed by atoms with Crippen molar-refractivity contribution in [2.45, 2.75) is 77.1 Å². The van der Waals surface area contributed by atoms with Crippen LogP contribution in [-0.4, -0.2) is 91.4 Å². The highest BCUT2D eigenvalue weighted by molar-refractivity contribution is 5.90. The number of carbonyl (C=O) groups excluding carboxylic acids is 3. The molecule has 3 amide bonds. The van der Waals surface area contributed by atoms with Crippen LogP contribution in [0.5, 0.6) is 0 Å².